The van der Waals surface area contributed by atoms with Crippen molar-refractivity contribution in [3.05, 3.63) is 69.8 Å². The Balaban J connectivity index is 2.24. The van der Waals surface area contributed by atoms with Crippen LogP contribution < -0.4 is 5.32 Å². The minimum absolute atomic E-state index is 0.0266. The summed E-state index contributed by atoms with van der Waals surface area (Å²) in [6, 6.07) is 10.7. The highest BCUT2D eigenvalue weighted by Gasteiger charge is 2.25. The number of nitro groups is 1. The van der Waals surface area contributed by atoms with Crippen LogP contribution in [-0.4, -0.2) is 28.9 Å². The molecule has 0 aromatic heterocycles. The summed E-state index contributed by atoms with van der Waals surface area (Å²) in [6.45, 7) is 1.63. The molecule has 9 nitrogen and oxygen atoms in total. The number of aryl methyl sites for hydroxylation is 1. The first-order valence-corrected chi connectivity index (χ1v) is 9.32. The van der Waals surface area contributed by atoms with Gasteiger partial charge in [-0.2, -0.15) is 8.42 Å². The van der Waals surface area contributed by atoms with Crippen LogP contribution in [0.3, 0.4) is 0 Å². The second-order valence-corrected chi connectivity index (χ2v) is 7.41. The fraction of sp³-hybridized carbons (Fsp3) is 0.0556. The highest BCUT2D eigenvalue weighted by molar-refractivity contribution is 7.86. The molecule has 10 heteroatoms. The Morgan fingerprint density at radius 1 is 1.14 bits per heavy atom. The molecule has 3 rings (SSSR count). The van der Waals surface area contributed by atoms with E-state index in [9.17, 15) is 33.0 Å². The molecule has 3 N–H and O–H groups in total. The van der Waals surface area contributed by atoms with Gasteiger partial charge in [0.2, 0.25) is 0 Å². The predicted octanol–water partition coefficient (Wildman–Crippen LogP) is 3.26. The summed E-state index contributed by atoms with van der Waals surface area (Å²) in [6.07, 6.45) is 0. The van der Waals surface area contributed by atoms with Crippen molar-refractivity contribution in [1.29, 1.82) is 0 Å². The highest BCUT2D eigenvalue weighted by Crippen LogP contribution is 2.37. The second-order valence-electron chi connectivity index (χ2n) is 6.02. The maximum atomic E-state index is 12.8. The minimum atomic E-state index is -4.76. The fourth-order valence-corrected chi connectivity index (χ4v) is 3.50. The maximum Gasteiger partial charge on any atom is 0.296 e. The quantitative estimate of drug-likeness (QED) is 0.345. The number of phenolic OH excluding ortho intramolecular Hbond substituents is 1. The summed E-state index contributed by atoms with van der Waals surface area (Å²) in [5, 5.41) is 24.1. The molecule has 0 saturated heterocycles. The molecule has 0 aliphatic heterocycles. The molecule has 0 spiro atoms. The Morgan fingerprint density at radius 2 is 1.86 bits per heavy atom. The van der Waals surface area contributed by atoms with Gasteiger partial charge in [-0.05, 0) is 36.1 Å². The average molecular weight is 402 g/mol. The Morgan fingerprint density at radius 3 is 2.50 bits per heavy atom. The zero-order valence-electron chi connectivity index (χ0n) is 14.4. The number of hydrogen-bond donors (Lipinski definition) is 3. The number of phenols is 1. The van der Waals surface area contributed by atoms with Gasteiger partial charge in [-0.25, -0.2) is 0 Å². The molecule has 3 aromatic rings. The van der Waals surface area contributed by atoms with Gasteiger partial charge in [0.15, 0.2) is 0 Å². The van der Waals surface area contributed by atoms with Crippen molar-refractivity contribution in [3.63, 3.8) is 0 Å². The average Bonchev–Trinajstić information content (AvgIpc) is 2.60. The monoisotopic (exact) mass is 402 g/mol. The number of carbonyl (C=O) groups excluding carboxylic acids is 1. The van der Waals surface area contributed by atoms with Crippen LogP contribution in [0.15, 0.2) is 53.4 Å². The molecule has 0 unspecified atom stereocenters. The molecule has 0 heterocycles. The third-order valence-electron chi connectivity index (χ3n) is 4.10. The molecule has 0 radical (unpaired) electrons. The number of aromatic hydroxyl groups is 1. The van der Waals surface area contributed by atoms with Gasteiger partial charge in [0.25, 0.3) is 21.7 Å². The highest BCUT2D eigenvalue weighted by atomic mass is 32.2. The number of amides is 1. The van der Waals surface area contributed by atoms with E-state index in [1.807, 2.05) is 0 Å². The van der Waals surface area contributed by atoms with Gasteiger partial charge in [0.05, 0.1) is 10.6 Å². The normalized spacial score (nSPS) is 11.4. The van der Waals surface area contributed by atoms with E-state index in [0.29, 0.717) is 10.9 Å². The Kier molecular flexibility index (Phi) is 4.75. The Hall–Kier alpha value is -3.50. The van der Waals surface area contributed by atoms with Crippen LogP contribution in [0.5, 0.6) is 5.75 Å². The smallest absolute Gasteiger partial charge is 0.296 e. The number of carbonyl (C=O) groups is 1. The fourth-order valence-electron chi connectivity index (χ4n) is 2.85. The van der Waals surface area contributed by atoms with Crippen molar-refractivity contribution in [2.45, 2.75) is 11.8 Å². The van der Waals surface area contributed by atoms with E-state index in [1.54, 1.807) is 13.0 Å². The van der Waals surface area contributed by atoms with E-state index in [0.717, 1.165) is 12.1 Å². The van der Waals surface area contributed by atoms with Crippen molar-refractivity contribution in [2.24, 2.45) is 0 Å². The Labute approximate surface area is 159 Å². The number of nitrogens with zero attached hydrogens (tertiary/aromatic N) is 1. The van der Waals surface area contributed by atoms with Crippen molar-refractivity contribution in [3.8, 4) is 5.75 Å². The molecule has 0 aliphatic rings. The van der Waals surface area contributed by atoms with Gasteiger partial charge < -0.3 is 10.4 Å². The number of benzene rings is 3. The molecule has 144 valence electrons. The lowest BCUT2D eigenvalue weighted by atomic mass is 10.1. The number of hydrogen-bond acceptors (Lipinski definition) is 6. The molecule has 1 amide bonds. The van der Waals surface area contributed by atoms with Crippen molar-refractivity contribution in [2.75, 3.05) is 5.32 Å². The lowest BCUT2D eigenvalue weighted by molar-refractivity contribution is -0.385. The summed E-state index contributed by atoms with van der Waals surface area (Å²) in [7, 11) is -4.76. The summed E-state index contributed by atoms with van der Waals surface area (Å²) in [5.74, 6) is -1.30. The van der Waals surface area contributed by atoms with E-state index in [-0.39, 0.29) is 22.4 Å². The van der Waals surface area contributed by atoms with Crippen LogP contribution in [0.4, 0.5) is 11.4 Å². The number of nitrogens with one attached hydrogen (secondary N) is 1. The van der Waals surface area contributed by atoms with Gasteiger partial charge >= 0.3 is 0 Å². The molecule has 0 atom stereocenters. The zero-order chi connectivity index (χ0) is 20.6. The molecular formula is C18H14N2O7S. The summed E-state index contributed by atoms with van der Waals surface area (Å²) < 4.78 is 33.1. The van der Waals surface area contributed by atoms with Crippen molar-refractivity contribution >= 4 is 38.2 Å². The molecular weight excluding hydrogens is 388 g/mol. The van der Waals surface area contributed by atoms with Gasteiger partial charge in [-0.1, -0.05) is 24.3 Å². The first kappa shape index (κ1) is 19.3. The molecule has 0 bridgehead atoms. The summed E-state index contributed by atoms with van der Waals surface area (Å²) >= 11 is 0. The molecule has 0 saturated carbocycles. The zero-order valence-corrected chi connectivity index (χ0v) is 15.2. The Bertz CT molecular complexity index is 1240. The SMILES string of the molecule is Cc1ccc([N+](=O)[O-])c(C(=O)Nc2c(S(=O)(=O)O)ccc3cccc(O)c23)c1. The number of nitro benzene ring substituents is 1. The third kappa shape index (κ3) is 3.50. The van der Waals surface area contributed by atoms with Gasteiger partial charge in [0.1, 0.15) is 16.2 Å². The largest absolute Gasteiger partial charge is 0.507 e. The lowest BCUT2D eigenvalue weighted by Gasteiger charge is -2.14. The predicted molar refractivity (Wildman–Crippen MR) is 101 cm³/mol. The number of fused-ring (bicyclic) bond motifs is 1. The van der Waals surface area contributed by atoms with E-state index in [1.165, 1.54) is 30.3 Å². The first-order valence-electron chi connectivity index (χ1n) is 7.88. The maximum absolute atomic E-state index is 12.8. The molecule has 3 aromatic carbocycles. The standard InChI is InChI=1S/C18H14N2O7S/c1-10-5-7-13(20(23)24)12(9-10)18(22)19-17-15(28(25,26)27)8-6-11-3-2-4-14(21)16(11)17/h2-9,21H,1H3,(H,19,22)(H,25,26,27). The molecule has 28 heavy (non-hydrogen) atoms. The summed E-state index contributed by atoms with van der Waals surface area (Å²) in [5.41, 5.74) is -0.565. The summed E-state index contributed by atoms with van der Waals surface area (Å²) in [4.78, 5) is 22.6. The molecule has 0 fully saturated rings. The second kappa shape index (κ2) is 6.91. The minimum Gasteiger partial charge on any atom is -0.507 e. The molecule has 0 aliphatic carbocycles. The van der Waals surface area contributed by atoms with E-state index in [2.05, 4.69) is 5.32 Å². The van der Waals surface area contributed by atoms with Gasteiger partial charge in [0, 0.05) is 11.5 Å². The topological polar surface area (TPSA) is 147 Å². The number of rotatable bonds is 4. The first-order chi connectivity index (χ1) is 13.1. The van der Waals surface area contributed by atoms with Crippen LogP contribution in [0, 0.1) is 17.0 Å². The third-order valence-corrected chi connectivity index (χ3v) is 4.99. The van der Waals surface area contributed by atoms with Gasteiger partial charge in [-0.15, -0.1) is 0 Å². The lowest BCUT2D eigenvalue weighted by Crippen LogP contribution is -2.17. The van der Waals surface area contributed by atoms with E-state index in [4.69, 9.17) is 0 Å². The van der Waals surface area contributed by atoms with Crippen LogP contribution in [0.2, 0.25) is 0 Å². The van der Waals surface area contributed by atoms with E-state index >= 15 is 0 Å². The number of anilines is 1. The van der Waals surface area contributed by atoms with Gasteiger partial charge in [-0.3, -0.25) is 19.5 Å². The van der Waals surface area contributed by atoms with Crippen LogP contribution in [0.25, 0.3) is 10.8 Å². The van der Waals surface area contributed by atoms with Crippen molar-refractivity contribution < 1.29 is 27.8 Å². The van der Waals surface area contributed by atoms with Crippen LogP contribution >= 0.6 is 0 Å². The van der Waals surface area contributed by atoms with E-state index < -0.39 is 31.5 Å². The van der Waals surface area contributed by atoms with Crippen LogP contribution in [-0.2, 0) is 10.1 Å². The van der Waals surface area contributed by atoms with Crippen molar-refractivity contribution in [1.82, 2.24) is 0 Å². The van der Waals surface area contributed by atoms with Crippen LogP contribution in [0.1, 0.15) is 15.9 Å².